The highest BCUT2D eigenvalue weighted by Crippen LogP contribution is 2.20. The molecule has 0 spiro atoms. The summed E-state index contributed by atoms with van der Waals surface area (Å²) in [7, 11) is 0. The summed E-state index contributed by atoms with van der Waals surface area (Å²) in [5.41, 5.74) is 4.91. The van der Waals surface area contributed by atoms with Crippen molar-refractivity contribution < 1.29 is 9.53 Å². The van der Waals surface area contributed by atoms with Crippen LogP contribution in [0.1, 0.15) is 32.6 Å². The van der Waals surface area contributed by atoms with Crippen LogP contribution in [0.15, 0.2) is 66.7 Å². The molecule has 27 heavy (non-hydrogen) atoms. The minimum atomic E-state index is -0.147. The van der Waals surface area contributed by atoms with E-state index in [1.54, 1.807) is 18.2 Å². The summed E-state index contributed by atoms with van der Waals surface area (Å²) in [6, 6.07) is 22.4. The quantitative estimate of drug-likeness (QED) is 0.699. The van der Waals surface area contributed by atoms with Gasteiger partial charge < -0.3 is 10.1 Å². The van der Waals surface area contributed by atoms with Crippen molar-refractivity contribution in [3.8, 4) is 11.8 Å². The van der Waals surface area contributed by atoms with Crippen LogP contribution >= 0.6 is 0 Å². The molecular formula is C23H20N2O2. The zero-order chi connectivity index (χ0) is 19.2. The molecule has 0 unspecified atom stereocenters. The van der Waals surface area contributed by atoms with E-state index in [0.717, 1.165) is 16.7 Å². The lowest BCUT2D eigenvalue weighted by atomic mass is 10.1. The third kappa shape index (κ3) is 4.74. The van der Waals surface area contributed by atoms with Crippen molar-refractivity contribution in [3.63, 3.8) is 0 Å². The Balaban J connectivity index is 1.68. The smallest absolute Gasteiger partial charge is 0.255 e. The summed E-state index contributed by atoms with van der Waals surface area (Å²) >= 11 is 0. The first-order valence-electron chi connectivity index (χ1n) is 8.65. The summed E-state index contributed by atoms with van der Waals surface area (Å²) in [4.78, 5) is 12.5. The molecule has 0 radical (unpaired) electrons. The molecule has 1 amide bonds. The molecule has 3 rings (SSSR count). The molecule has 0 heterocycles. The molecule has 0 aliphatic heterocycles. The van der Waals surface area contributed by atoms with Gasteiger partial charge in [-0.1, -0.05) is 35.9 Å². The minimum absolute atomic E-state index is 0.147. The molecule has 0 fully saturated rings. The van der Waals surface area contributed by atoms with Crippen molar-refractivity contribution in [2.45, 2.75) is 20.5 Å². The maximum atomic E-state index is 12.5. The van der Waals surface area contributed by atoms with Crippen LogP contribution in [0.2, 0.25) is 0 Å². The van der Waals surface area contributed by atoms with Crippen LogP contribution in [0.5, 0.6) is 5.75 Å². The number of anilines is 1. The molecule has 0 bridgehead atoms. The van der Waals surface area contributed by atoms with Gasteiger partial charge in [-0.3, -0.25) is 4.79 Å². The van der Waals surface area contributed by atoms with Crippen molar-refractivity contribution in [1.29, 1.82) is 5.26 Å². The number of ether oxygens (including phenoxy) is 1. The van der Waals surface area contributed by atoms with E-state index in [2.05, 4.69) is 11.4 Å². The summed E-state index contributed by atoms with van der Waals surface area (Å²) in [5, 5.41) is 11.9. The van der Waals surface area contributed by atoms with E-state index >= 15 is 0 Å². The number of nitrogens with zero attached hydrogens (tertiary/aromatic N) is 1. The van der Waals surface area contributed by atoms with Gasteiger partial charge in [-0.2, -0.15) is 5.26 Å². The summed E-state index contributed by atoms with van der Waals surface area (Å²) in [6.45, 7) is 4.28. The van der Waals surface area contributed by atoms with Gasteiger partial charge in [-0.15, -0.1) is 0 Å². The van der Waals surface area contributed by atoms with Gasteiger partial charge >= 0.3 is 0 Å². The first-order valence-corrected chi connectivity index (χ1v) is 8.65. The Morgan fingerprint density at radius 2 is 1.85 bits per heavy atom. The van der Waals surface area contributed by atoms with Crippen molar-refractivity contribution >= 4 is 11.6 Å². The molecule has 134 valence electrons. The second-order valence-electron chi connectivity index (χ2n) is 6.40. The van der Waals surface area contributed by atoms with Crippen molar-refractivity contribution in [2.24, 2.45) is 0 Å². The summed E-state index contributed by atoms with van der Waals surface area (Å²) in [6.07, 6.45) is 0. The van der Waals surface area contributed by atoms with Crippen LogP contribution in [0.25, 0.3) is 0 Å². The van der Waals surface area contributed by atoms with Gasteiger partial charge in [-0.25, -0.2) is 0 Å². The number of benzene rings is 3. The molecule has 0 saturated carbocycles. The highest BCUT2D eigenvalue weighted by molar-refractivity contribution is 6.05. The van der Waals surface area contributed by atoms with Crippen LogP contribution in [-0.4, -0.2) is 5.91 Å². The molecule has 0 atom stereocenters. The van der Waals surface area contributed by atoms with Gasteiger partial charge in [0.15, 0.2) is 0 Å². The van der Waals surface area contributed by atoms with Crippen molar-refractivity contribution in [2.75, 3.05) is 5.32 Å². The van der Waals surface area contributed by atoms with Gasteiger partial charge in [-0.05, 0) is 55.3 Å². The predicted molar refractivity (Wildman–Crippen MR) is 106 cm³/mol. The van der Waals surface area contributed by atoms with E-state index in [-0.39, 0.29) is 5.91 Å². The van der Waals surface area contributed by atoms with Gasteiger partial charge in [0.05, 0.1) is 11.6 Å². The number of hydrogen-bond acceptors (Lipinski definition) is 3. The molecule has 4 nitrogen and oxygen atoms in total. The Hall–Kier alpha value is -3.58. The lowest BCUT2D eigenvalue weighted by Crippen LogP contribution is -2.13. The summed E-state index contributed by atoms with van der Waals surface area (Å²) in [5.74, 6) is 0.502. The number of hydrogen-bond donors (Lipinski definition) is 1. The Morgan fingerprint density at radius 1 is 1.04 bits per heavy atom. The van der Waals surface area contributed by atoms with Gasteiger partial charge in [0.25, 0.3) is 5.91 Å². The monoisotopic (exact) mass is 356 g/mol. The molecule has 1 N–H and O–H groups in total. The highest BCUT2D eigenvalue weighted by Gasteiger charge is 2.10. The fourth-order valence-corrected chi connectivity index (χ4v) is 2.83. The number of nitriles is 1. The van der Waals surface area contributed by atoms with E-state index in [9.17, 15) is 4.79 Å². The molecule has 4 heteroatoms. The Morgan fingerprint density at radius 3 is 2.63 bits per heavy atom. The third-order valence-electron chi connectivity index (χ3n) is 4.18. The average Bonchev–Trinajstić information content (AvgIpc) is 2.66. The molecule has 3 aromatic rings. The molecule has 0 saturated heterocycles. The van der Waals surface area contributed by atoms with Crippen LogP contribution in [0.4, 0.5) is 5.69 Å². The van der Waals surface area contributed by atoms with Crippen molar-refractivity contribution in [1.82, 2.24) is 0 Å². The van der Waals surface area contributed by atoms with E-state index in [1.807, 2.05) is 62.4 Å². The largest absolute Gasteiger partial charge is 0.489 e. The zero-order valence-electron chi connectivity index (χ0n) is 15.3. The number of amides is 1. The standard InChI is InChI=1S/C23H20N2O2/c1-16-9-10-22(17(2)11-16)23(26)25-20-7-4-8-21(13-20)27-15-19-6-3-5-18(12-19)14-24/h3-13H,15H2,1-2H3,(H,25,26). The second-order valence-corrected chi connectivity index (χ2v) is 6.40. The fraction of sp³-hybridized carbons (Fsp3) is 0.130. The number of rotatable bonds is 5. The van der Waals surface area contributed by atoms with Crippen LogP contribution in [-0.2, 0) is 6.61 Å². The number of carbonyl (C=O) groups excluding carboxylic acids is 1. The Bertz CT molecular complexity index is 1020. The predicted octanol–water partition coefficient (Wildman–Crippen LogP) is 5.01. The molecule has 0 aromatic heterocycles. The van der Waals surface area contributed by atoms with Gasteiger partial charge in [0.1, 0.15) is 12.4 Å². The first kappa shape index (κ1) is 18.2. The van der Waals surface area contributed by atoms with E-state index in [0.29, 0.717) is 29.2 Å². The Kier molecular flexibility index (Phi) is 5.53. The minimum Gasteiger partial charge on any atom is -0.489 e. The SMILES string of the molecule is Cc1ccc(C(=O)Nc2cccc(OCc3cccc(C#N)c3)c2)c(C)c1. The molecule has 0 aliphatic rings. The van der Waals surface area contributed by atoms with Crippen molar-refractivity contribution in [3.05, 3.63) is 94.5 Å². The van der Waals surface area contributed by atoms with Crippen LogP contribution in [0.3, 0.4) is 0 Å². The summed E-state index contributed by atoms with van der Waals surface area (Å²) < 4.78 is 5.80. The maximum Gasteiger partial charge on any atom is 0.255 e. The van der Waals surface area contributed by atoms with Crippen LogP contribution in [0, 0.1) is 25.2 Å². The van der Waals surface area contributed by atoms with E-state index in [1.165, 1.54) is 0 Å². The molecular weight excluding hydrogens is 336 g/mol. The fourth-order valence-electron chi connectivity index (χ4n) is 2.83. The number of aryl methyl sites for hydroxylation is 2. The first-order chi connectivity index (χ1) is 13.0. The molecule has 3 aromatic carbocycles. The van der Waals surface area contributed by atoms with E-state index in [4.69, 9.17) is 10.00 Å². The second kappa shape index (κ2) is 8.20. The highest BCUT2D eigenvalue weighted by atomic mass is 16.5. The topological polar surface area (TPSA) is 62.1 Å². The lowest BCUT2D eigenvalue weighted by molar-refractivity contribution is 0.102. The number of carbonyl (C=O) groups is 1. The zero-order valence-corrected chi connectivity index (χ0v) is 15.3. The normalized spacial score (nSPS) is 10.1. The van der Waals surface area contributed by atoms with Gasteiger partial charge in [0, 0.05) is 17.3 Å². The molecule has 0 aliphatic carbocycles. The third-order valence-corrected chi connectivity index (χ3v) is 4.18. The van der Waals surface area contributed by atoms with Crippen LogP contribution < -0.4 is 10.1 Å². The lowest BCUT2D eigenvalue weighted by Gasteiger charge is -2.11. The Labute approximate surface area is 159 Å². The van der Waals surface area contributed by atoms with E-state index < -0.39 is 0 Å². The number of nitrogens with one attached hydrogen (secondary N) is 1. The maximum absolute atomic E-state index is 12.5. The van der Waals surface area contributed by atoms with Gasteiger partial charge in [0.2, 0.25) is 0 Å². The average molecular weight is 356 g/mol.